The molecule has 1 fully saturated rings. The number of pyridine rings is 1. The molecule has 2 aromatic heterocycles. The third-order valence-electron chi connectivity index (χ3n) is 3.80. The van der Waals surface area contributed by atoms with Crippen molar-refractivity contribution in [3.8, 4) is 0 Å². The molecule has 2 heterocycles. The second-order valence-electron chi connectivity index (χ2n) is 5.50. The number of rotatable bonds is 5. The minimum absolute atomic E-state index is 0.299. The van der Waals surface area contributed by atoms with Crippen molar-refractivity contribution in [2.45, 2.75) is 31.2 Å². The molecule has 0 bridgehead atoms. The maximum absolute atomic E-state index is 5.83. The van der Waals surface area contributed by atoms with Crippen molar-refractivity contribution in [3.05, 3.63) is 41.9 Å². The molecule has 1 aliphatic rings. The van der Waals surface area contributed by atoms with Gasteiger partial charge in [-0.2, -0.15) is 4.98 Å². The van der Waals surface area contributed by atoms with E-state index in [0.29, 0.717) is 17.9 Å². The summed E-state index contributed by atoms with van der Waals surface area (Å²) in [5.41, 5.74) is 13.8. The highest BCUT2D eigenvalue weighted by molar-refractivity contribution is 5.42. The van der Waals surface area contributed by atoms with Crippen molar-refractivity contribution >= 4 is 11.8 Å². The number of hydrogen-bond donors (Lipinski definition) is 3. The molecule has 110 valence electrons. The van der Waals surface area contributed by atoms with Gasteiger partial charge in [-0.3, -0.25) is 4.98 Å². The van der Waals surface area contributed by atoms with E-state index in [4.69, 9.17) is 11.5 Å². The summed E-state index contributed by atoms with van der Waals surface area (Å²) in [5, 5.41) is 3.30. The number of hydrogen-bond acceptors (Lipinski definition) is 6. The smallest absolute Gasteiger partial charge is 0.222 e. The van der Waals surface area contributed by atoms with Crippen molar-refractivity contribution in [2.24, 2.45) is 5.73 Å². The lowest BCUT2D eigenvalue weighted by Gasteiger charge is -2.32. The Labute approximate surface area is 124 Å². The van der Waals surface area contributed by atoms with Gasteiger partial charge in [-0.25, -0.2) is 4.98 Å². The van der Waals surface area contributed by atoms with Gasteiger partial charge < -0.3 is 16.8 Å². The SMILES string of the molecule is Nc1nc(NCCc2cccnc2)cc(C2CC(N)C2)n1. The van der Waals surface area contributed by atoms with Crippen LogP contribution in [0.25, 0.3) is 0 Å². The molecule has 0 atom stereocenters. The Bertz CT molecular complexity index is 594. The fourth-order valence-corrected chi connectivity index (χ4v) is 2.57. The fraction of sp³-hybridized carbons (Fsp3) is 0.400. The van der Waals surface area contributed by atoms with Gasteiger partial charge in [0.15, 0.2) is 0 Å². The molecule has 5 N–H and O–H groups in total. The quantitative estimate of drug-likeness (QED) is 0.765. The Balaban J connectivity index is 1.60. The standard InChI is InChI=1S/C15H20N6/c16-12-6-11(7-12)13-8-14(21-15(17)20-13)19-5-3-10-2-1-4-18-9-10/h1-2,4,8-9,11-12H,3,5-7,16H2,(H3,17,19,20,21). The van der Waals surface area contributed by atoms with Crippen LogP contribution < -0.4 is 16.8 Å². The first-order valence-corrected chi connectivity index (χ1v) is 7.23. The average Bonchev–Trinajstić information content (AvgIpc) is 2.44. The molecule has 2 aromatic rings. The first kappa shape index (κ1) is 13.8. The molecule has 0 aromatic carbocycles. The van der Waals surface area contributed by atoms with Crippen LogP contribution >= 0.6 is 0 Å². The summed E-state index contributed by atoms with van der Waals surface area (Å²) in [6, 6.07) is 6.28. The van der Waals surface area contributed by atoms with Gasteiger partial charge in [0.2, 0.25) is 5.95 Å². The summed E-state index contributed by atoms with van der Waals surface area (Å²) in [6.07, 6.45) is 6.49. The van der Waals surface area contributed by atoms with E-state index in [2.05, 4.69) is 26.3 Å². The summed E-state index contributed by atoms with van der Waals surface area (Å²) >= 11 is 0. The van der Waals surface area contributed by atoms with E-state index in [0.717, 1.165) is 37.3 Å². The predicted molar refractivity (Wildman–Crippen MR) is 82.8 cm³/mol. The van der Waals surface area contributed by atoms with Crippen LogP contribution in [-0.2, 0) is 6.42 Å². The molecule has 6 nitrogen and oxygen atoms in total. The molecule has 0 saturated heterocycles. The lowest BCUT2D eigenvalue weighted by molar-refractivity contribution is 0.345. The van der Waals surface area contributed by atoms with Gasteiger partial charge in [-0.05, 0) is 30.9 Å². The lowest BCUT2D eigenvalue weighted by Crippen LogP contribution is -2.35. The van der Waals surface area contributed by atoms with E-state index in [9.17, 15) is 0 Å². The van der Waals surface area contributed by atoms with Crippen molar-refractivity contribution in [3.63, 3.8) is 0 Å². The zero-order chi connectivity index (χ0) is 14.7. The Morgan fingerprint density at radius 2 is 2.14 bits per heavy atom. The van der Waals surface area contributed by atoms with E-state index in [1.54, 1.807) is 6.20 Å². The number of nitrogen functional groups attached to an aromatic ring is 1. The summed E-state index contributed by atoms with van der Waals surface area (Å²) < 4.78 is 0. The van der Waals surface area contributed by atoms with E-state index < -0.39 is 0 Å². The van der Waals surface area contributed by atoms with Crippen molar-refractivity contribution < 1.29 is 0 Å². The van der Waals surface area contributed by atoms with Crippen LogP contribution in [0.5, 0.6) is 0 Å². The molecule has 1 aliphatic carbocycles. The highest BCUT2D eigenvalue weighted by Crippen LogP contribution is 2.35. The number of aromatic nitrogens is 3. The van der Waals surface area contributed by atoms with E-state index in [1.165, 1.54) is 5.56 Å². The normalized spacial score (nSPS) is 20.8. The molecule has 21 heavy (non-hydrogen) atoms. The summed E-state index contributed by atoms with van der Waals surface area (Å²) in [7, 11) is 0. The van der Waals surface area contributed by atoms with Gasteiger partial charge in [0, 0.05) is 37.0 Å². The molecule has 0 radical (unpaired) electrons. The number of nitrogens with two attached hydrogens (primary N) is 2. The van der Waals surface area contributed by atoms with Gasteiger partial charge in [-0.15, -0.1) is 0 Å². The van der Waals surface area contributed by atoms with Crippen LogP contribution in [0.1, 0.15) is 30.0 Å². The Hall–Kier alpha value is -2.21. The molecular formula is C15H20N6. The fourth-order valence-electron chi connectivity index (χ4n) is 2.57. The molecule has 1 saturated carbocycles. The predicted octanol–water partition coefficient (Wildman–Crippen LogP) is 1.31. The molecule has 0 amide bonds. The summed E-state index contributed by atoms with van der Waals surface area (Å²) in [4.78, 5) is 12.7. The van der Waals surface area contributed by atoms with Gasteiger partial charge in [0.1, 0.15) is 5.82 Å². The van der Waals surface area contributed by atoms with E-state index in [1.807, 2.05) is 18.3 Å². The van der Waals surface area contributed by atoms with Crippen molar-refractivity contribution in [1.29, 1.82) is 0 Å². The minimum Gasteiger partial charge on any atom is -0.370 e. The molecule has 0 spiro atoms. The van der Waals surface area contributed by atoms with E-state index in [-0.39, 0.29) is 0 Å². The largest absolute Gasteiger partial charge is 0.370 e. The first-order valence-electron chi connectivity index (χ1n) is 7.23. The number of nitrogens with one attached hydrogen (secondary N) is 1. The highest BCUT2D eigenvalue weighted by Gasteiger charge is 2.28. The summed E-state index contributed by atoms with van der Waals surface area (Å²) in [6.45, 7) is 0.783. The molecular weight excluding hydrogens is 264 g/mol. The second kappa shape index (κ2) is 6.05. The third-order valence-corrected chi connectivity index (χ3v) is 3.80. The number of anilines is 2. The Morgan fingerprint density at radius 1 is 1.29 bits per heavy atom. The highest BCUT2D eigenvalue weighted by atomic mass is 15.1. The zero-order valence-electron chi connectivity index (χ0n) is 11.9. The van der Waals surface area contributed by atoms with Crippen molar-refractivity contribution in [1.82, 2.24) is 15.0 Å². The van der Waals surface area contributed by atoms with Gasteiger partial charge >= 0.3 is 0 Å². The Morgan fingerprint density at radius 3 is 2.86 bits per heavy atom. The monoisotopic (exact) mass is 284 g/mol. The summed E-state index contributed by atoms with van der Waals surface area (Å²) in [5.74, 6) is 1.52. The zero-order valence-corrected chi connectivity index (χ0v) is 11.9. The molecule has 0 aliphatic heterocycles. The molecule has 0 unspecified atom stereocenters. The number of nitrogens with zero attached hydrogens (tertiary/aromatic N) is 3. The van der Waals surface area contributed by atoms with Crippen LogP contribution in [0.4, 0.5) is 11.8 Å². The van der Waals surface area contributed by atoms with Crippen LogP contribution in [0.2, 0.25) is 0 Å². The van der Waals surface area contributed by atoms with E-state index >= 15 is 0 Å². The van der Waals surface area contributed by atoms with Gasteiger partial charge in [0.05, 0.1) is 5.69 Å². The third kappa shape index (κ3) is 3.46. The molecule has 6 heteroatoms. The maximum Gasteiger partial charge on any atom is 0.222 e. The van der Waals surface area contributed by atoms with Crippen LogP contribution in [0, 0.1) is 0 Å². The van der Waals surface area contributed by atoms with Crippen molar-refractivity contribution in [2.75, 3.05) is 17.6 Å². The first-order chi connectivity index (χ1) is 10.2. The molecule has 3 rings (SSSR count). The minimum atomic E-state index is 0.299. The van der Waals surface area contributed by atoms with Crippen LogP contribution in [-0.4, -0.2) is 27.5 Å². The Kier molecular flexibility index (Phi) is 3.96. The second-order valence-corrected chi connectivity index (χ2v) is 5.50. The maximum atomic E-state index is 5.83. The van der Waals surface area contributed by atoms with Crippen LogP contribution in [0.15, 0.2) is 30.6 Å². The van der Waals surface area contributed by atoms with Crippen LogP contribution in [0.3, 0.4) is 0 Å². The lowest BCUT2D eigenvalue weighted by atomic mass is 9.78. The van der Waals surface area contributed by atoms with Gasteiger partial charge in [-0.1, -0.05) is 6.07 Å². The van der Waals surface area contributed by atoms with Gasteiger partial charge in [0.25, 0.3) is 0 Å². The topological polar surface area (TPSA) is 103 Å². The average molecular weight is 284 g/mol.